The lowest BCUT2D eigenvalue weighted by atomic mass is 9.91. The zero-order chi connectivity index (χ0) is 18.7. The Kier molecular flexibility index (Phi) is 5.48. The van der Waals surface area contributed by atoms with Crippen LogP contribution in [0.25, 0.3) is 0 Å². The Balaban J connectivity index is 1.85. The summed E-state index contributed by atoms with van der Waals surface area (Å²) in [6.07, 6.45) is 4.59. The Morgan fingerprint density at radius 3 is 2.54 bits per heavy atom. The van der Waals surface area contributed by atoms with Crippen molar-refractivity contribution in [3.8, 4) is 0 Å². The van der Waals surface area contributed by atoms with E-state index in [1.165, 1.54) is 6.26 Å². The molecule has 2 atom stereocenters. The lowest BCUT2D eigenvalue weighted by Crippen LogP contribution is -2.49. The molecule has 0 unspecified atom stereocenters. The number of hydrogen-bond donors (Lipinski definition) is 1. The number of benzene rings is 1. The summed E-state index contributed by atoms with van der Waals surface area (Å²) in [4.78, 5) is 0.219. The van der Waals surface area contributed by atoms with E-state index in [9.17, 15) is 13.6 Å². The first-order valence-corrected chi connectivity index (χ1v) is 10.3. The summed E-state index contributed by atoms with van der Waals surface area (Å²) in [5.41, 5.74) is 1.45. The van der Waals surface area contributed by atoms with Gasteiger partial charge in [0.15, 0.2) is 11.8 Å². The van der Waals surface area contributed by atoms with Gasteiger partial charge in [0.05, 0.1) is 17.2 Å². The van der Waals surface area contributed by atoms with Crippen molar-refractivity contribution >= 4 is 15.7 Å². The summed E-state index contributed by atoms with van der Waals surface area (Å²) in [6, 6.07) is 9.28. The third-order valence-corrected chi connectivity index (χ3v) is 6.38. The number of sulfonamides is 1. The molecule has 1 aliphatic carbocycles. The zero-order valence-electron chi connectivity index (χ0n) is 15.0. The second-order valence-corrected chi connectivity index (χ2v) is 8.50. The van der Waals surface area contributed by atoms with Crippen LogP contribution in [0.5, 0.6) is 0 Å². The number of furan rings is 1. The molecule has 140 valence electrons. The van der Waals surface area contributed by atoms with Crippen LogP contribution in [0.2, 0.25) is 0 Å². The summed E-state index contributed by atoms with van der Waals surface area (Å²) >= 11 is 0. The van der Waals surface area contributed by atoms with Gasteiger partial charge >= 0.3 is 0 Å². The molecule has 1 N–H and O–H groups in total. The minimum absolute atomic E-state index is 0.219. The minimum Gasteiger partial charge on any atom is -0.623 e. The summed E-state index contributed by atoms with van der Waals surface area (Å²) in [6.45, 7) is 3.61. The highest BCUT2D eigenvalue weighted by Crippen LogP contribution is 2.24. The molecule has 0 bridgehead atoms. The zero-order valence-corrected chi connectivity index (χ0v) is 15.8. The Bertz CT molecular complexity index is 871. The molecule has 1 aromatic carbocycles. The molecule has 0 saturated heterocycles. The fourth-order valence-corrected chi connectivity index (χ4v) is 4.66. The molecule has 3 rings (SSSR count). The van der Waals surface area contributed by atoms with E-state index in [2.05, 4.69) is 4.72 Å². The SMILES string of the molecule is C/C(c1ccco1)=[N+](/[O-])[C@@H]1CCCC[C@H]1NS(=O)(=O)c1ccc(C)cc1. The molecule has 6 nitrogen and oxygen atoms in total. The molecule has 0 radical (unpaired) electrons. The molecular weight excluding hydrogens is 352 g/mol. The number of nitrogens with one attached hydrogen (secondary N) is 1. The van der Waals surface area contributed by atoms with Gasteiger partial charge in [-0.3, -0.25) is 0 Å². The Labute approximate surface area is 154 Å². The molecule has 0 spiro atoms. The number of hydrogen-bond acceptors (Lipinski definition) is 4. The van der Waals surface area contributed by atoms with Crippen LogP contribution in [-0.2, 0) is 10.0 Å². The fraction of sp³-hybridized carbons (Fsp3) is 0.421. The van der Waals surface area contributed by atoms with Crippen LogP contribution in [0, 0.1) is 12.1 Å². The maximum absolute atomic E-state index is 12.9. The predicted molar refractivity (Wildman–Crippen MR) is 99.7 cm³/mol. The monoisotopic (exact) mass is 376 g/mol. The van der Waals surface area contributed by atoms with Gasteiger partial charge in [0.2, 0.25) is 15.7 Å². The highest BCUT2D eigenvalue weighted by atomic mass is 32.2. The standard InChI is InChI=1S/C19H24N2O4S/c1-14-9-11-16(12-10-14)26(23,24)20-17-6-3-4-7-18(17)21(22)15(2)19-8-5-13-25-19/h5,8-13,17-18,20H,3-4,6-7H2,1-2H3/b21-15-/t17-,18-/m1/s1. The van der Waals surface area contributed by atoms with Gasteiger partial charge in [-0.15, -0.1) is 0 Å². The molecule has 0 aliphatic heterocycles. The molecule has 0 amide bonds. The molecule has 26 heavy (non-hydrogen) atoms. The first kappa shape index (κ1) is 18.7. The molecule has 2 aromatic rings. The third kappa shape index (κ3) is 3.99. The molecule has 1 fully saturated rings. The van der Waals surface area contributed by atoms with Crippen molar-refractivity contribution in [2.24, 2.45) is 0 Å². The molecule has 7 heteroatoms. The van der Waals surface area contributed by atoms with Crippen molar-refractivity contribution in [2.75, 3.05) is 0 Å². The minimum atomic E-state index is -3.67. The summed E-state index contributed by atoms with van der Waals surface area (Å²) in [5, 5.41) is 12.9. The molecule has 1 saturated carbocycles. The van der Waals surface area contributed by atoms with Crippen LogP contribution < -0.4 is 4.72 Å². The van der Waals surface area contributed by atoms with Crippen LogP contribution in [0.3, 0.4) is 0 Å². The van der Waals surface area contributed by atoms with Gasteiger partial charge in [0.1, 0.15) is 0 Å². The summed E-state index contributed by atoms with van der Waals surface area (Å²) in [7, 11) is -3.67. The van der Waals surface area contributed by atoms with E-state index >= 15 is 0 Å². The topological polar surface area (TPSA) is 85.4 Å². The number of hydroxylamine groups is 1. The van der Waals surface area contributed by atoms with Gasteiger partial charge in [-0.25, -0.2) is 17.9 Å². The molecule has 1 aromatic heterocycles. The van der Waals surface area contributed by atoms with Crippen LogP contribution in [0.1, 0.15) is 43.9 Å². The van der Waals surface area contributed by atoms with Crippen molar-refractivity contribution in [1.82, 2.24) is 4.72 Å². The normalized spacial score (nSPS) is 22.1. The Morgan fingerprint density at radius 1 is 1.19 bits per heavy atom. The van der Waals surface area contributed by atoms with E-state index in [1.54, 1.807) is 43.3 Å². The third-order valence-electron chi connectivity index (χ3n) is 4.88. The average Bonchev–Trinajstić information content (AvgIpc) is 3.15. The summed E-state index contributed by atoms with van der Waals surface area (Å²) < 4.78 is 34.4. The van der Waals surface area contributed by atoms with Crippen molar-refractivity contribution < 1.29 is 17.6 Å². The Hall–Kier alpha value is -2.12. The number of nitrogens with zero attached hydrogens (tertiary/aromatic N) is 1. The smallest absolute Gasteiger partial charge is 0.241 e. The maximum atomic E-state index is 12.9. The second-order valence-electron chi connectivity index (χ2n) is 6.78. The maximum Gasteiger partial charge on any atom is 0.241 e. The first-order chi connectivity index (χ1) is 12.4. The van der Waals surface area contributed by atoms with Gasteiger partial charge in [0, 0.05) is 13.3 Å². The number of rotatable bonds is 5. The first-order valence-electron chi connectivity index (χ1n) is 8.81. The van der Waals surface area contributed by atoms with Gasteiger partial charge in [-0.05, 0) is 44.0 Å². The van der Waals surface area contributed by atoms with Crippen LogP contribution in [-0.4, -0.2) is 31.0 Å². The quantitative estimate of drug-likeness (QED) is 0.376. The van der Waals surface area contributed by atoms with E-state index in [1.807, 2.05) is 6.92 Å². The van der Waals surface area contributed by atoms with Crippen LogP contribution in [0.4, 0.5) is 0 Å². The van der Waals surface area contributed by atoms with Crippen molar-refractivity contribution in [2.45, 2.75) is 56.5 Å². The van der Waals surface area contributed by atoms with Gasteiger partial charge in [-0.1, -0.05) is 24.1 Å². The highest BCUT2D eigenvalue weighted by molar-refractivity contribution is 7.89. The van der Waals surface area contributed by atoms with Crippen molar-refractivity contribution in [3.63, 3.8) is 0 Å². The molecule has 1 aliphatic rings. The van der Waals surface area contributed by atoms with E-state index in [-0.39, 0.29) is 4.90 Å². The average molecular weight is 376 g/mol. The largest absolute Gasteiger partial charge is 0.623 e. The van der Waals surface area contributed by atoms with Gasteiger partial charge in [-0.2, -0.15) is 0 Å². The van der Waals surface area contributed by atoms with E-state index < -0.39 is 22.1 Å². The molecule has 1 heterocycles. The summed E-state index contributed by atoms with van der Waals surface area (Å²) in [5.74, 6) is 0.505. The van der Waals surface area contributed by atoms with Crippen LogP contribution >= 0.6 is 0 Å². The second kappa shape index (κ2) is 7.63. The van der Waals surface area contributed by atoms with Gasteiger partial charge < -0.3 is 9.62 Å². The fourth-order valence-electron chi connectivity index (χ4n) is 3.36. The number of aryl methyl sites for hydroxylation is 1. The van der Waals surface area contributed by atoms with E-state index in [4.69, 9.17) is 4.42 Å². The Morgan fingerprint density at radius 2 is 1.88 bits per heavy atom. The highest BCUT2D eigenvalue weighted by Gasteiger charge is 2.36. The van der Waals surface area contributed by atoms with Crippen molar-refractivity contribution in [1.29, 1.82) is 0 Å². The van der Waals surface area contributed by atoms with E-state index in [0.29, 0.717) is 24.3 Å². The predicted octanol–water partition coefficient (Wildman–Crippen LogP) is 3.20. The van der Waals surface area contributed by atoms with E-state index in [0.717, 1.165) is 23.1 Å². The molecular formula is C19H24N2O4S. The van der Waals surface area contributed by atoms with Gasteiger partial charge in [0.25, 0.3) is 0 Å². The van der Waals surface area contributed by atoms with Crippen LogP contribution in [0.15, 0.2) is 52.0 Å². The lowest BCUT2D eigenvalue weighted by Gasteiger charge is -2.31. The lowest BCUT2D eigenvalue weighted by molar-refractivity contribution is -0.509. The van der Waals surface area contributed by atoms with Crippen molar-refractivity contribution in [3.05, 3.63) is 59.2 Å².